The molecule has 2 N–H and O–H groups in total. The number of hydrogen-bond acceptors (Lipinski definition) is 2. The number of amides is 2. The maximum Gasteiger partial charge on any atom is 0.315 e. The van der Waals surface area contributed by atoms with E-state index in [1.54, 1.807) is 0 Å². The van der Waals surface area contributed by atoms with E-state index in [-0.39, 0.29) is 18.2 Å². The van der Waals surface area contributed by atoms with Crippen LogP contribution in [0.25, 0.3) is 0 Å². The van der Waals surface area contributed by atoms with Crippen LogP contribution in [0.3, 0.4) is 0 Å². The monoisotopic (exact) mass is 268 g/mol. The van der Waals surface area contributed by atoms with Gasteiger partial charge in [-0.1, -0.05) is 18.2 Å². The molecule has 0 aliphatic heterocycles. The number of para-hydroxylation sites is 1. The van der Waals surface area contributed by atoms with Gasteiger partial charge in [0.25, 0.3) is 0 Å². The molecule has 1 aromatic rings. The highest BCUT2D eigenvalue weighted by molar-refractivity contribution is 5.74. The number of hydrogen-bond donors (Lipinski definition) is 2. The van der Waals surface area contributed by atoms with Gasteiger partial charge in [0.1, 0.15) is 11.9 Å². The van der Waals surface area contributed by atoms with Crippen LogP contribution in [0.15, 0.2) is 30.3 Å². The fourth-order valence-corrected chi connectivity index (χ4v) is 1.46. The van der Waals surface area contributed by atoms with Crippen molar-refractivity contribution in [1.82, 2.24) is 10.6 Å². The van der Waals surface area contributed by atoms with Gasteiger partial charge in [-0.3, -0.25) is 4.39 Å². The van der Waals surface area contributed by atoms with Crippen molar-refractivity contribution in [2.24, 2.45) is 0 Å². The zero-order valence-corrected chi connectivity index (χ0v) is 11.4. The molecular weight excluding hydrogens is 247 g/mol. The summed E-state index contributed by atoms with van der Waals surface area (Å²) < 4.78 is 17.6. The summed E-state index contributed by atoms with van der Waals surface area (Å²) in [4.78, 5) is 11.5. The fraction of sp³-hybridized carbons (Fsp3) is 0.500. The first-order chi connectivity index (χ1) is 9.13. The van der Waals surface area contributed by atoms with Gasteiger partial charge < -0.3 is 15.4 Å². The van der Waals surface area contributed by atoms with Crippen molar-refractivity contribution in [1.29, 1.82) is 0 Å². The third-order valence-electron chi connectivity index (χ3n) is 2.72. The highest BCUT2D eigenvalue weighted by Crippen LogP contribution is 2.12. The van der Waals surface area contributed by atoms with E-state index in [2.05, 4.69) is 10.6 Å². The van der Waals surface area contributed by atoms with E-state index < -0.39 is 6.67 Å². The van der Waals surface area contributed by atoms with Crippen molar-refractivity contribution in [2.45, 2.75) is 32.4 Å². The number of urea groups is 1. The molecule has 0 saturated heterocycles. The predicted octanol–water partition coefficient (Wildman–Crippen LogP) is 2.50. The van der Waals surface area contributed by atoms with Crippen molar-refractivity contribution in [3.05, 3.63) is 30.3 Å². The van der Waals surface area contributed by atoms with Gasteiger partial charge >= 0.3 is 6.03 Å². The minimum atomic E-state index is -0.427. The third kappa shape index (κ3) is 6.08. The second-order valence-electron chi connectivity index (χ2n) is 4.37. The first kappa shape index (κ1) is 15.3. The smallest absolute Gasteiger partial charge is 0.315 e. The molecule has 4 nitrogen and oxygen atoms in total. The van der Waals surface area contributed by atoms with Gasteiger partial charge in [-0.25, -0.2) is 4.79 Å². The number of carbonyl (C=O) groups excluding carboxylic acids is 1. The summed E-state index contributed by atoms with van der Waals surface area (Å²) in [6.45, 7) is 3.66. The summed E-state index contributed by atoms with van der Waals surface area (Å²) in [6, 6.07) is 8.98. The molecule has 0 aliphatic carbocycles. The summed E-state index contributed by atoms with van der Waals surface area (Å²) in [7, 11) is 0. The largest absolute Gasteiger partial charge is 0.489 e. The Kier molecular flexibility index (Phi) is 6.71. The second-order valence-corrected chi connectivity index (χ2v) is 4.37. The summed E-state index contributed by atoms with van der Waals surface area (Å²) in [5.74, 6) is 0.765. The summed E-state index contributed by atoms with van der Waals surface area (Å²) in [5.41, 5.74) is 0. The number of nitrogens with one attached hydrogen (secondary N) is 2. The molecule has 1 rings (SSSR count). The van der Waals surface area contributed by atoms with Gasteiger partial charge in [0.05, 0.1) is 12.7 Å². The number of alkyl halides is 1. The quantitative estimate of drug-likeness (QED) is 0.746. The summed E-state index contributed by atoms with van der Waals surface area (Å²) in [6.07, 6.45) is 0.173. The Balaban J connectivity index is 2.32. The standard InChI is InChI=1S/C14H21FN2O2/c1-11(17-14(18)16-10-6-9-15)12(2)19-13-7-4-3-5-8-13/h3-5,7-8,11-12H,6,9-10H2,1-2H3,(H2,16,17,18). The Bertz CT molecular complexity index is 373. The SMILES string of the molecule is CC(NC(=O)NCCCF)C(C)Oc1ccccc1. The Labute approximate surface area is 113 Å². The third-order valence-corrected chi connectivity index (χ3v) is 2.72. The van der Waals surface area contributed by atoms with Crippen molar-refractivity contribution in [3.8, 4) is 5.75 Å². The Hall–Kier alpha value is -1.78. The molecule has 2 unspecified atom stereocenters. The van der Waals surface area contributed by atoms with E-state index in [0.29, 0.717) is 13.0 Å². The van der Waals surface area contributed by atoms with Crippen LogP contribution in [0.4, 0.5) is 9.18 Å². The first-order valence-electron chi connectivity index (χ1n) is 6.45. The number of halogens is 1. The van der Waals surface area contributed by atoms with Crippen LogP contribution in [-0.4, -0.2) is 31.4 Å². The molecule has 5 heteroatoms. The molecule has 0 saturated carbocycles. The molecular formula is C14H21FN2O2. The van der Waals surface area contributed by atoms with Crippen LogP contribution in [-0.2, 0) is 0 Å². The molecule has 0 radical (unpaired) electrons. The van der Waals surface area contributed by atoms with Crippen LogP contribution < -0.4 is 15.4 Å². The van der Waals surface area contributed by atoms with Crippen molar-refractivity contribution in [3.63, 3.8) is 0 Å². The van der Waals surface area contributed by atoms with Gasteiger partial charge in [0.2, 0.25) is 0 Å². The fourth-order valence-electron chi connectivity index (χ4n) is 1.46. The highest BCUT2D eigenvalue weighted by Gasteiger charge is 2.15. The molecule has 0 aromatic heterocycles. The lowest BCUT2D eigenvalue weighted by atomic mass is 10.2. The average Bonchev–Trinajstić information content (AvgIpc) is 2.40. The average molecular weight is 268 g/mol. The van der Waals surface area contributed by atoms with Crippen LogP contribution in [0, 0.1) is 0 Å². The maximum atomic E-state index is 11.9. The van der Waals surface area contributed by atoms with E-state index in [4.69, 9.17) is 4.74 Å². The topological polar surface area (TPSA) is 50.4 Å². The van der Waals surface area contributed by atoms with Gasteiger partial charge in [-0.15, -0.1) is 0 Å². The zero-order valence-electron chi connectivity index (χ0n) is 11.4. The first-order valence-corrected chi connectivity index (χ1v) is 6.45. The Morgan fingerprint density at radius 1 is 1.32 bits per heavy atom. The molecule has 1 aromatic carbocycles. The number of ether oxygens (including phenoxy) is 1. The molecule has 106 valence electrons. The minimum Gasteiger partial charge on any atom is -0.489 e. The second kappa shape index (κ2) is 8.34. The van der Waals surface area contributed by atoms with E-state index in [1.165, 1.54) is 0 Å². The van der Waals surface area contributed by atoms with E-state index in [0.717, 1.165) is 5.75 Å². The summed E-state index contributed by atoms with van der Waals surface area (Å²) >= 11 is 0. The Morgan fingerprint density at radius 2 is 2.00 bits per heavy atom. The molecule has 0 fully saturated rings. The maximum absolute atomic E-state index is 11.9. The van der Waals surface area contributed by atoms with Crippen molar-refractivity contribution < 1.29 is 13.9 Å². The lowest BCUT2D eigenvalue weighted by Crippen LogP contribution is -2.47. The van der Waals surface area contributed by atoms with Gasteiger partial charge in [0, 0.05) is 6.54 Å². The predicted molar refractivity (Wildman–Crippen MR) is 73.1 cm³/mol. The van der Waals surface area contributed by atoms with Crippen LogP contribution >= 0.6 is 0 Å². The van der Waals surface area contributed by atoms with E-state index in [1.807, 2.05) is 44.2 Å². The van der Waals surface area contributed by atoms with Crippen LogP contribution in [0.2, 0.25) is 0 Å². The normalized spacial score (nSPS) is 13.4. The van der Waals surface area contributed by atoms with E-state index >= 15 is 0 Å². The number of rotatable bonds is 7. The zero-order chi connectivity index (χ0) is 14.1. The van der Waals surface area contributed by atoms with Crippen molar-refractivity contribution in [2.75, 3.05) is 13.2 Å². The highest BCUT2D eigenvalue weighted by atomic mass is 19.1. The number of benzene rings is 1. The molecule has 0 bridgehead atoms. The van der Waals surface area contributed by atoms with Crippen LogP contribution in [0.5, 0.6) is 5.75 Å². The molecule has 19 heavy (non-hydrogen) atoms. The van der Waals surface area contributed by atoms with Gasteiger partial charge in [0.15, 0.2) is 0 Å². The van der Waals surface area contributed by atoms with Crippen LogP contribution in [0.1, 0.15) is 20.3 Å². The molecule has 2 amide bonds. The molecule has 0 heterocycles. The lowest BCUT2D eigenvalue weighted by molar-refractivity contribution is 0.175. The van der Waals surface area contributed by atoms with Gasteiger partial charge in [-0.05, 0) is 32.4 Å². The van der Waals surface area contributed by atoms with E-state index in [9.17, 15) is 9.18 Å². The molecule has 0 spiro atoms. The lowest BCUT2D eigenvalue weighted by Gasteiger charge is -2.22. The molecule has 2 atom stereocenters. The van der Waals surface area contributed by atoms with Gasteiger partial charge in [-0.2, -0.15) is 0 Å². The summed E-state index contributed by atoms with van der Waals surface area (Å²) in [5, 5.41) is 5.35. The Morgan fingerprint density at radius 3 is 2.63 bits per heavy atom. The number of carbonyl (C=O) groups is 1. The molecule has 0 aliphatic rings. The minimum absolute atomic E-state index is 0.148. The van der Waals surface area contributed by atoms with Crippen molar-refractivity contribution >= 4 is 6.03 Å².